The lowest BCUT2D eigenvalue weighted by Crippen LogP contribution is -2.44. The van der Waals surface area contributed by atoms with Crippen molar-refractivity contribution >= 4 is 27.3 Å². The van der Waals surface area contributed by atoms with Crippen molar-refractivity contribution in [3.05, 3.63) is 101 Å². The monoisotopic (exact) mass is 520 g/mol. The smallest absolute Gasteiger partial charge is 0.138 e. The minimum absolute atomic E-state index is 0.280. The van der Waals surface area contributed by atoms with Gasteiger partial charge in [-0.15, -0.1) is 0 Å². The van der Waals surface area contributed by atoms with Gasteiger partial charge in [-0.25, -0.2) is 14.1 Å². The molecule has 6 nitrogen and oxygen atoms in total. The largest absolute Gasteiger partial charge is 0.490 e. The average molecular weight is 521 g/mol. The summed E-state index contributed by atoms with van der Waals surface area (Å²) in [4.78, 5) is 10.2. The number of benzene rings is 3. The molecular formula is C26H22BrFN4O2. The molecule has 172 valence electrons. The molecule has 1 aliphatic heterocycles. The molecule has 2 heterocycles. The SMILES string of the molecule is CC1(COc2ccccc2)CC(n2cncn2)=C(c2ccc(-c3ccc(Br)cc3F)cc2)NO1. The first kappa shape index (κ1) is 22.3. The third-order valence-corrected chi connectivity index (χ3v) is 6.12. The highest BCUT2D eigenvalue weighted by atomic mass is 79.9. The minimum Gasteiger partial charge on any atom is -0.490 e. The lowest BCUT2D eigenvalue weighted by molar-refractivity contribution is -0.0989. The molecule has 0 saturated heterocycles. The Labute approximate surface area is 205 Å². The van der Waals surface area contributed by atoms with Gasteiger partial charge in [0.25, 0.3) is 0 Å². The molecule has 1 aromatic heterocycles. The van der Waals surface area contributed by atoms with E-state index in [4.69, 9.17) is 9.57 Å². The topological polar surface area (TPSA) is 61.2 Å². The second kappa shape index (κ2) is 9.40. The van der Waals surface area contributed by atoms with Gasteiger partial charge in [-0.05, 0) is 36.8 Å². The van der Waals surface area contributed by atoms with Crippen molar-refractivity contribution in [2.75, 3.05) is 6.61 Å². The molecule has 4 aromatic rings. The van der Waals surface area contributed by atoms with E-state index in [2.05, 4.69) is 31.5 Å². The van der Waals surface area contributed by atoms with Crippen LogP contribution in [0.15, 0.2) is 89.9 Å². The molecule has 0 radical (unpaired) electrons. The first-order valence-electron chi connectivity index (χ1n) is 10.8. The van der Waals surface area contributed by atoms with Gasteiger partial charge in [0.05, 0.1) is 11.4 Å². The van der Waals surface area contributed by atoms with Crippen molar-refractivity contribution in [1.82, 2.24) is 20.2 Å². The lowest BCUT2D eigenvalue weighted by atomic mass is 9.95. The van der Waals surface area contributed by atoms with Crippen LogP contribution >= 0.6 is 15.9 Å². The van der Waals surface area contributed by atoms with Crippen LogP contribution in [0.2, 0.25) is 0 Å². The number of para-hydroxylation sites is 1. The van der Waals surface area contributed by atoms with Crippen LogP contribution in [0, 0.1) is 5.82 Å². The maximum atomic E-state index is 14.4. The van der Waals surface area contributed by atoms with E-state index >= 15 is 0 Å². The highest BCUT2D eigenvalue weighted by Gasteiger charge is 2.35. The van der Waals surface area contributed by atoms with E-state index in [1.165, 1.54) is 12.4 Å². The number of hydroxylamine groups is 1. The number of hydrogen-bond acceptors (Lipinski definition) is 5. The minimum atomic E-state index is -0.638. The Balaban J connectivity index is 1.43. The second-order valence-electron chi connectivity index (χ2n) is 8.30. The molecule has 0 saturated carbocycles. The zero-order valence-electron chi connectivity index (χ0n) is 18.4. The van der Waals surface area contributed by atoms with Gasteiger partial charge in [-0.3, -0.25) is 10.3 Å². The summed E-state index contributed by atoms with van der Waals surface area (Å²) in [5.74, 6) is 0.498. The summed E-state index contributed by atoms with van der Waals surface area (Å²) in [6.07, 6.45) is 3.69. The Bertz CT molecular complexity index is 1310. The number of halogens is 2. The van der Waals surface area contributed by atoms with E-state index in [0.29, 0.717) is 23.1 Å². The molecule has 1 aliphatic rings. The Morgan fingerprint density at radius 3 is 2.56 bits per heavy atom. The molecule has 1 unspecified atom stereocenters. The molecule has 5 rings (SSSR count). The molecule has 0 spiro atoms. The highest BCUT2D eigenvalue weighted by molar-refractivity contribution is 9.10. The quantitative estimate of drug-likeness (QED) is 0.341. The van der Waals surface area contributed by atoms with E-state index in [1.54, 1.807) is 17.1 Å². The maximum absolute atomic E-state index is 14.4. The van der Waals surface area contributed by atoms with Crippen LogP contribution in [0.25, 0.3) is 22.5 Å². The molecule has 3 aromatic carbocycles. The first-order valence-corrected chi connectivity index (χ1v) is 11.6. The number of ether oxygens (including phenoxy) is 1. The average Bonchev–Trinajstić information content (AvgIpc) is 3.39. The third kappa shape index (κ3) is 4.73. The van der Waals surface area contributed by atoms with Crippen molar-refractivity contribution in [2.24, 2.45) is 0 Å². The van der Waals surface area contributed by atoms with Crippen LogP contribution in [-0.2, 0) is 4.84 Å². The van der Waals surface area contributed by atoms with Crippen LogP contribution in [-0.4, -0.2) is 27.0 Å². The standard InChI is InChI=1S/C26H22BrFN4O2/c1-26(15-33-21-5-3-2-4-6-21)14-24(32-17-29-16-30-32)25(31-34-26)19-9-7-18(8-10-19)22-12-11-20(27)13-23(22)28/h2-13,16-17,31H,14-15H2,1H3. The molecule has 1 N–H and O–H groups in total. The van der Waals surface area contributed by atoms with Gasteiger partial charge in [-0.2, -0.15) is 5.10 Å². The number of aromatic nitrogens is 3. The first-order chi connectivity index (χ1) is 16.5. The van der Waals surface area contributed by atoms with E-state index in [-0.39, 0.29) is 5.82 Å². The fourth-order valence-corrected chi connectivity index (χ4v) is 4.19. The molecule has 34 heavy (non-hydrogen) atoms. The van der Waals surface area contributed by atoms with Gasteiger partial charge in [0.1, 0.15) is 36.4 Å². The van der Waals surface area contributed by atoms with Gasteiger partial charge >= 0.3 is 0 Å². The van der Waals surface area contributed by atoms with Gasteiger partial charge < -0.3 is 4.74 Å². The predicted octanol–water partition coefficient (Wildman–Crippen LogP) is 5.94. The van der Waals surface area contributed by atoms with Gasteiger partial charge in [0.15, 0.2) is 0 Å². The summed E-state index contributed by atoms with van der Waals surface area (Å²) in [6.45, 7) is 2.33. The summed E-state index contributed by atoms with van der Waals surface area (Å²) in [6, 6.07) is 22.3. The molecule has 0 amide bonds. The number of nitrogens with zero attached hydrogens (tertiary/aromatic N) is 3. The molecular weight excluding hydrogens is 499 g/mol. The Morgan fingerprint density at radius 2 is 1.85 bits per heavy atom. The zero-order valence-corrected chi connectivity index (χ0v) is 20.0. The second-order valence-corrected chi connectivity index (χ2v) is 9.21. The van der Waals surface area contributed by atoms with Crippen LogP contribution in [0.4, 0.5) is 4.39 Å². The third-order valence-electron chi connectivity index (χ3n) is 5.63. The molecule has 1 atom stereocenters. The van der Waals surface area contributed by atoms with E-state index < -0.39 is 5.60 Å². The summed E-state index contributed by atoms with van der Waals surface area (Å²) in [5.41, 5.74) is 6.35. The van der Waals surface area contributed by atoms with Crippen LogP contribution in [0.3, 0.4) is 0 Å². The normalized spacial score (nSPS) is 18.0. The fourth-order valence-electron chi connectivity index (χ4n) is 3.85. The van der Waals surface area contributed by atoms with E-state index in [0.717, 1.165) is 28.3 Å². The predicted molar refractivity (Wildman–Crippen MR) is 132 cm³/mol. The molecule has 0 fully saturated rings. The summed E-state index contributed by atoms with van der Waals surface area (Å²) >= 11 is 3.30. The van der Waals surface area contributed by atoms with Crippen molar-refractivity contribution in [3.63, 3.8) is 0 Å². The van der Waals surface area contributed by atoms with Crippen molar-refractivity contribution in [2.45, 2.75) is 18.9 Å². The molecule has 0 bridgehead atoms. The molecule has 8 heteroatoms. The lowest BCUT2D eigenvalue weighted by Gasteiger charge is -2.36. The zero-order chi connectivity index (χ0) is 23.5. The van der Waals surface area contributed by atoms with Gasteiger partial charge in [0.2, 0.25) is 0 Å². The number of nitrogens with one attached hydrogen (secondary N) is 1. The van der Waals surface area contributed by atoms with Crippen LogP contribution in [0.5, 0.6) is 5.75 Å². The molecule has 0 aliphatic carbocycles. The Morgan fingerprint density at radius 1 is 1.09 bits per heavy atom. The van der Waals surface area contributed by atoms with Gasteiger partial charge in [0, 0.05) is 22.0 Å². The number of hydrogen-bond donors (Lipinski definition) is 1. The highest BCUT2D eigenvalue weighted by Crippen LogP contribution is 2.35. The van der Waals surface area contributed by atoms with Crippen LogP contribution < -0.4 is 10.2 Å². The summed E-state index contributed by atoms with van der Waals surface area (Å²) in [7, 11) is 0. The maximum Gasteiger partial charge on any atom is 0.138 e. The van der Waals surface area contributed by atoms with Crippen LogP contribution in [0.1, 0.15) is 18.9 Å². The van der Waals surface area contributed by atoms with Gasteiger partial charge in [-0.1, -0.05) is 64.5 Å². The fraction of sp³-hybridized carbons (Fsp3) is 0.154. The summed E-state index contributed by atoms with van der Waals surface area (Å²) < 4.78 is 22.8. The van der Waals surface area contributed by atoms with Crippen molar-refractivity contribution in [1.29, 1.82) is 0 Å². The van der Waals surface area contributed by atoms with E-state index in [9.17, 15) is 4.39 Å². The Kier molecular flexibility index (Phi) is 6.17. The van der Waals surface area contributed by atoms with E-state index in [1.807, 2.05) is 67.6 Å². The van der Waals surface area contributed by atoms with Crippen molar-refractivity contribution in [3.8, 4) is 16.9 Å². The number of rotatable bonds is 6. The Hall–Kier alpha value is -3.49. The summed E-state index contributed by atoms with van der Waals surface area (Å²) in [5, 5.41) is 4.34. The van der Waals surface area contributed by atoms with Crippen molar-refractivity contribution < 1.29 is 14.0 Å².